The summed E-state index contributed by atoms with van der Waals surface area (Å²) in [6.07, 6.45) is 0. The lowest BCUT2D eigenvalue weighted by molar-refractivity contribution is 0.763. The fraction of sp³-hybridized carbons (Fsp3) is 0.235. The van der Waals surface area contributed by atoms with Crippen molar-refractivity contribution in [1.82, 2.24) is 0 Å². The molecule has 108 valence electrons. The van der Waals surface area contributed by atoms with Crippen LogP contribution < -0.4 is 10.6 Å². The van der Waals surface area contributed by atoms with Gasteiger partial charge in [-0.1, -0.05) is 46.3 Å². The maximum atomic E-state index is 6.15. The van der Waals surface area contributed by atoms with E-state index in [9.17, 15) is 0 Å². The smallest absolute Gasteiger partial charge is 0.196 e. The van der Waals surface area contributed by atoms with E-state index in [2.05, 4.69) is 70.0 Å². The third-order valence-electron chi connectivity index (χ3n) is 3.87. The van der Waals surface area contributed by atoms with Gasteiger partial charge < -0.3 is 10.6 Å². The summed E-state index contributed by atoms with van der Waals surface area (Å²) in [5, 5.41) is 0. The first-order chi connectivity index (χ1) is 10.1. The first-order valence-electron chi connectivity index (χ1n) is 6.99. The number of hydrogen-bond acceptors (Lipinski definition) is 3. The number of nitrogens with two attached hydrogens (primary N) is 1. The normalized spacial score (nSPS) is 18.0. The Labute approximate surface area is 133 Å². The summed E-state index contributed by atoms with van der Waals surface area (Å²) >= 11 is 3.68. The lowest BCUT2D eigenvalue weighted by Gasteiger charge is -2.28. The van der Waals surface area contributed by atoms with Crippen LogP contribution in [0, 0.1) is 13.8 Å². The minimum atomic E-state index is 0.140. The Hall–Kier alpha value is -1.81. The lowest BCUT2D eigenvalue weighted by atomic mass is 10.0. The van der Waals surface area contributed by atoms with Crippen molar-refractivity contribution in [3.05, 3.63) is 63.6 Å². The molecule has 0 aliphatic carbocycles. The molecule has 3 nitrogen and oxygen atoms in total. The fourth-order valence-corrected chi connectivity index (χ4v) is 3.52. The lowest BCUT2D eigenvalue weighted by Crippen LogP contribution is -2.36. The number of guanidine groups is 1. The van der Waals surface area contributed by atoms with Gasteiger partial charge >= 0.3 is 0 Å². The van der Waals surface area contributed by atoms with Gasteiger partial charge in [-0.3, -0.25) is 4.99 Å². The summed E-state index contributed by atoms with van der Waals surface area (Å²) in [6, 6.07) is 14.8. The average Bonchev–Trinajstić information content (AvgIpc) is 2.81. The molecule has 0 radical (unpaired) electrons. The Kier molecular flexibility index (Phi) is 3.72. The van der Waals surface area contributed by atoms with Crippen LogP contribution in [-0.4, -0.2) is 12.5 Å². The summed E-state index contributed by atoms with van der Waals surface area (Å²) in [5.74, 6) is 0.585. The van der Waals surface area contributed by atoms with Crippen molar-refractivity contribution in [2.75, 3.05) is 11.4 Å². The predicted octanol–water partition coefficient (Wildman–Crippen LogP) is 3.94. The maximum absolute atomic E-state index is 6.15. The molecule has 1 unspecified atom stereocenters. The summed E-state index contributed by atoms with van der Waals surface area (Å²) < 4.78 is 1.11. The van der Waals surface area contributed by atoms with Gasteiger partial charge in [-0.2, -0.15) is 0 Å². The highest BCUT2D eigenvalue weighted by atomic mass is 79.9. The second-order valence-corrected chi connectivity index (χ2v) is 6.25. The average molecular weight is 344 g/mol. The van der Waals surface area contributed by atoms with Crippen molar-refractivity contribution >= 4 is 27.6 Å². The number of halogens is 1. The number of benzene rings is 2. The molecule has 0 saturated heterocycles. The second-order valence-electron chi connectivity index (χ2n) is 5.40. The van der Waals surface area contributed by atoms with E-state index in [-0.39, 0.29) is 6.04 Å². The van der Waals surface area contributed by atoms with Crippen LogP contribution in [0.4, 0.5) is 5.69 Å². The SMILES string of the molecule is Cc1ccc(C2CN=C(N)N2c2ccccc2C)c(Br)c1. The molecule has 21 heavy (non-hydrogen) atoms. The molecule has 0 aromatic heterocycles. The summed E-state index contributed by atoms with van der Waals surface area (Å²) in [6.45, 7) is 4.87. The number of aryl methyl sites for hydroxylation is 2. The minimum absolute atomic E-state index is 0.140. The molecule has 1 aliphatic heterocycles. The van der Waals surface area contributed by atoms with Gasteiger partial charge in [-0.05, 0) is 42.7 Å². The van der Waals surface area contributed by atoms with Gasteiger partial charge in [0.25, 0.3) is 0 Å². The first kappa shape index (κ1) is 14.1. The Morgan fingerprint density at radius 1 is 1.19 bits per heavy atom. The molecule has 2 aromatic carbocycles. The van der Waals surface area contributed by atoms with E-state index in [1.54, 1.807) is 0 Å². The first-order valence-corrected chi connectivity index (χ1v) is 7.78. The zero-order valence-corrected chi connectivity index (χ0v) is 13.8. The van der Waals surface area contributed by atoms with Crippen LogP contribution in [0.2, 0.25) is 0 Å². The van der Waals surface area contributed by atoms with Crippen molar-refractivity contribution in [1.29, 1.82) is 0 Å². The van der Waals surface area contributed by atoms with Gasteiger partial charge in [0.05, 0.1) is 12.6 Å². The van der Waals surface area contributed by atoms with Crippen LogP contribution in [0.3, 0.4) is 0 Å². The largest absolute Gasteiger partial charge is 0.369 e. The van der Waals surface area contributed by atoms with Crippen molar-refractivity contribution in [2.24, 2.45) is 10.7 Å². The van der Waals surface area contributed by atoms with Crippen LogP contribution in [-0.2, 0) is 0 Å². The van der Waals surface area contributed by atoms with Crippen LogP contribution in [0.1, 0.15) is 22.7 Å². The summed E-state index contributed by atoms with van der Waals surface area (Å²) in [5.41, 5.74) is 10.9. The quantitative estimate of drug-likeness (QED) is 0.897. The van der Waals surface area contributed by atoms with E-state index in [1.165, 1.54) is 16.7 Å². The molecule has 2 N–H and O–H groups in total. The minimum Gasteiger partial charge on any atom is -0.369 e. The summed E-state index contributed by atoms with van der Waals surface area (Å²) in [7, 11) is 0. The standard InChI is InChI=1S/C17H18BrN3/c1-11-7-8-13(14(18)9-11)16-10-20-17(19)21(16)15-6-4-3-5-12(15)2/h3-9,16H,10H2,1-2H3,(H2,19,20). The molecule has 1 heterocycles. The maximum Gasteiger partial charge on any atom is 0.196 e. The number of hydrogen-bond donors (Lipinski definition) is 1. The van der Waals surface area contributed by atoms with E-state index in [0.717, 1.165) is 10.2 Å². The summed E-state index contributed by atoms with van der Waals surface area (Å²) in [4.78, 5) is 6.59. The zero-order chi connectivity index (χ0) is 15.0. The highest BCUT2D eigenvalue weighted by Gasteiger charge is 2.30. The van der Waals surface area contributed by atoms with E-state index in [1.807, 2.05) is 12.1 Å². The molecule has 0 amide bonds. The molecule has 0 saturated carbocycles. The number of nitrogens with zero attached hydrogens (tertiary/aromatic N) is 2. The predicted molar refractivity (Wildman–Crippen MR) is 91.8 cm³/mol. The monoisotopic (exact) mass is 343 g/mol. The molecule has 0 fully saturated rings. The van der Waals surface area contributed by atoms with Gasteiger partial charge in [0.1, 0.15) is 0 Å². The van der Waals surface area contributed by atoms with E-state index < -0.39 is 0 Å². The van der Waals surface area contributed by atoms with E-state index >= 15 is 0 Å². The third-order valence-corrected chi connectivity index (χ3v) is 4.56. The second kappa shape index (κ2) is 5.53. The number of para-hydroxylation sites is 1. The van der Waals surface area contributed by atoms with Crippen LogP contribution in [0.25, 0.3) is 0 Å². The molecule has 0 spiro atoms. The Bertz CT molecular complexity index is 709. The van der Waals surface area contributed by atoms with Gasteiger partial charge in [0.2, 0.25) is 0 Å². The fourth-order valence-electron chi connectivity index (χ4n) is 2.76. The highest BCUT2D eigenvalue weighted by molar-refractivity contribution is 9.10. The third kappa shape index (κ3) is 2.56. The van der Waals surface area contributed by atoms with Gasteiger partial charge in [0, 0.05) is 10.2 Å². The van der Waals surface area contributed by atoms with E-state index in [4.69, 9.17) is 5.73 Å². The number of anilines is 1. The van der Waals surface area contributed by atoms with Crippen LogP contribution in [0.5, 0.6) is 0 Å². The van der Waals surface area contributed by atoms with Crippen molar-refractivity contribution in [3.8, 4) is 0 Å². The van der Waals surface area contributed by atoms with Crippen LogP contribution in [0.15, 0.2) is 51.9 Å². The topological polar surface area (TPSA) is 41.6 Å². The Morgan fingerprint density at radius 2 is 1.95 bits per heavy atom. The van der Waals surface area contributed by atoms with Gasteiger partial charge in [-0.25, -0.2) is 0 Å². The number of rotatable bonds is 2. The molecule has 2 aromatic rings. The van der Waals surface area contributed by atoms with Crippen molar-refractivity contribution in [2.45, 2.75) is 19.9 Å². The van der Waals surface area contributed by atoms with Crippen molar-refractivity contribution < 1.29 is 0 Å². The molecule has 1 atom stereocenters. The molecule has 4 heteroatoms. The Balaban J connectivity index is 2.05. The molecular formula is C17H18BrN3. The molecule has 3 rings (SSSR count). The zero-order valence-electron chi connectivity index (χ0n) is 12.2. The van der Waals surface area contributed by atoms with Crippen LogP contribution >= 0.6 is 15.9 Å². The van der Waals surface area contributed by atoms with E-state index in [0.29, 0.717) is 12.5 Å². The molecule has 1 aliphatic rings. The molecular weight excluding hydrogens is 326 g/mol. The van der Waals surface area contributed by atoms with Gasteiger partial charge in [0.15, 0.2) is 5.96 Å². The van der Waals surface area contributed by atoms with Crippen molar-refractivity contribution in [3.63, 3.8) is 0 Å². The molecule has 0 bridgehead atoms. The van der Waals surface area contributed by atoms with Gasteiger partial charge in [-0.15, -0.1) is 0 Å². The Morgan fingerprint density at radius 3 is 2.67 bits per heavy atom. The highest BCUT2D eigenvalue weighted by Crippen LogP contribution is 2.36. The number of aliphatic imine (C=N–C) groups is 1.